The summed E-state index contributed by atoms with van der Waals surface area (Å²) in [6.45, 7) is -0.180. The van der Waals surface area contributed by atoms with Crippen LogP contribution in [0.15, 0.2) is 101 Å². The highest BCUT2D eigenvalue weighted by Crippen LogP contribution is 2.24. The van der Waals surface area contributed by atoms with E-state index in [0.717, 1.165) is 11.1 Å². The van der Waals surface area contributed by atoms with Crippen LogP contribution in [0.25, 0.3) is 22.5 Å². The lowest BCUT2D eigenvalue weighted by molar-refractivity contribution is -0.123. The Morgan fingerprint density at radius 1 is 0.903 bits per heavy atom. The second-order valence-corrected chi connectivity index (χ2v) is 6.65. The summed E-state index contributed by atoms with van der Waals surface area (Å²) in [6, 6.07) is 27.1. The maximum Gasteiger partial charge on any atom is 0.277 e. The van der Waals surface area contributed by atoms with Gasteiger partial charge in [0.05, 0.1) is 11.8 Å². The van der Waals surface area contributed by atoms with Gasteiger partial charge in [-0.05, 0) is 47.5 Å². The van der Waals surface area contributed by atoms with Crippen LogP contribution in [0.2, 0.25) is 0 Å². The van der Waals surface area contributed by atoms with E-state index >= 15 is 0 Å². The van der Waals surface area contributed by atoms with E-state index in [0.29, 0.717) is 22.8 Å². The number of amides is 1. The van der Waals surface area contributed by atoms with Crippen LogP contribution in [0, 0.1) is 5.82 Å². The molecule has 0 spiro atoms. The van der Waals surface area contributed by atoms with Crippen molar-refractivity contribution < 1.29 is 18.3 Å². The van der Waals surface area contributed by atoms with Crippen molar-refractivity contribution in [1.29, 1.82) is 0 Å². The fourth-order valence-corrected chi connectivity index (χ4v) is 2.95. The number of halogens is 1. The molecular formula is C25H19FN2O3. The normalized spacial score (nSPS) is 10.9. The number of hydrogen-bond acceptors (Lipinski definition) is 4. The van der Waals surface area contributed by atoms with Gasteiger partial charge in [0.2, 0.25) is 0 Å². The molecule has 1 heterocycles. The zero-order valence-electron chi connectivity index (χ0n) is 16.5. The Morgan fingerprint density at radius 2 is 1.61 bits per heavy atom. The van der Waals surface area contributed by atoms with E-state index in [1.54, 1.807) is 30.3 Å². The van der Waals surface area contributed by atoms with Gasteiger partial charge in [-0.15, -0.1) is 0 Å². The van der Waals surface area contributed by atoms with E-state index in [9.17, 15) is 9.18 Å². The highest BCUT2D eigenvalue weighted by molar-refractivity contribution is 5.81. The fraction of sp³-hybridized carbons (Fsp3) is 0.0400. The number of carbonyl (C=O) groups is 1. The number of hydrazone groups is 1. The SMILES string of the molecule is O=C(COc1ccc(-c2ccccc2)cc1)NN=Cc1ccc(-c2ccccc2F)o1. The molecule has 0 saturated carbocycles. The predicted octanol–water partition coefficient (Wildman–Crippen LogP) is 5.28. The first-order chi connectivity index (χ1) is 15.2. The molecule has 0 atom stereocenters. The van der Waals surface area contributed by atoms with Gasteiger partial charge in [-0.1, -0.05) is 54.6 Å². The molecule has 3 aromatic carbocycles. The third-order valence-electron chi connectivity index (χ3n) is 4.48. The molecule has 154 valence electrons. The van der Waals surface area contributed by atoms with Crippen LogP contribution >= 0.6 is 0 Å². The third-order valence-corrected chi connectivity index (χ3v) is 4.48. The average Bonchev–Trinajstić information content (AvgIpc) is 3.27. The topological polar surface area (TPSA) is 63.8 Å². The van der Waals surface area contributed by atoms with Crippen LogP contribution in [0.5, 0.6) is 5.75 Å². The van der Waals surface area contributed by atoms with Gasteiger partial charge in [-0.3, -0.25) is 4.79 Å². The number of carbonyl (C=O) groups excluding carboxylic acids is 1. The van der Waals surface area contributed by atoms with Gasteiger partial charge in [0.15, 0.2) is 6.61 Å². The molecule has 1 amide bonds. The van der Waals surface area contributed by atoms with Gasteiger partial charge in [0, 0.05) is 0 Å². The number of nitrogens with zero attached hydrogens (tertiary/aromatic N) is 1. The molecule has 0 bridgehead atoms. The van der Waals surface area contributed by atoms with Gasteiger partial charge in [0.1, 0.15) is 23.1 Å². The molecule has 0 aliphatic rings. The lowest BCUT2D eigenvalue weighted by Crippen LogP contribution is -2.24. The predicted molar refractivity (Wildman–Crippen MR) is 117 cm³/mol. The van der Waals surface area contributed by atoms with Gasteiger partial charge >= 0.3 is 0 Å². The quantitative estimate of drug-likeness (QED) is 0.330. The maximum absolute atomic E-state index is 13.8. The van der Waals surface area contributed by atoms with E-state index in [-0.39, 0.29) is 12.4 Å². The lowest BCUT2D eigenvalue weighted by atomic mass is 10.1. The van der Waals surface area contributed by atoms with Crippen LogP contribution in [-0.4, -0.2) is 18.7 Å². The third kappa shape index (κ3) is 5.25. The van der Waals surface area contributed by atoms with E-state index in [1.807, 2.05) is 54.6 Å². The smallest absolute Gasteiger partial charge is 0.277 e. The standard InChI is InChI=1S/C25H19FN2O3/c26-23-9-5-4-8-22(23)24-15-14-21(31-24)16-27-28-25(29)17-30-20-12-10-19(11-13-20)18-6-2-1-3-7-18/h1-16H,17H2,(H,28,29). The summed E-state index contributed by atoms with van der Waals surface area (Å²) in [6.07, 6.45) is 1.34. The number of hydrogen-bond donors (Lipinski definition) is 1. The van der Waals surface area contributed by atoms with Crippen molar-refractivity contribution >= 4 is 12.1 Å². The first kappa shape index (κ1) is 20.1. The summed E-state index contributed by atoms with van der Waals surface area (Å²) in [5.74, 6) is 0.565. The second-order valence-electron chi connectivity index (χ2n) is 6.65. The van der Waals surface area contributed by atoms with Gasteiger partial charge in [-0.25, -0.2) is 9.82 Å². The Kier molecular flexibility index (Phi) is 6.18. The van der Waals surface area contributed by atoms with Gasteiger partial charge < -0.3 is 9.15 Å². The van der Waals surface area contributed by atoms with E-state index in [4.69, 9.17) is 9.15 Å². The molecule has 0 aliphatic carbocycles. The van der Waals surface area contributed by atoms with E-state index in [1.165, 1.54) is 12.3 Å². The van der Waals surface area contributed by atoms with E-state index in [2.05, 4.69) is 10.5 Å². The molecule has 1 aromatic heterocycles. The van der Waals surface area contributed by atoms with Gasteiger partial charge in [0.25, 0.3) is 5.91 Å². The molecule has 4 rings (SSSR count). The molecule has 0 radical (unpaired) electrons. The Labute approximate surface area is 178 Å². The van der Waals surface area contributed by atoms with Crippen molar-refractivity contribution in [1.82, 2.24) is 5.43 Å². The molecule has 31 heavy (non-hydrogen) atoms. The van der Waals surface area contributed by atoms with Crippen molar-refractivity contribution in [3.8, 4) is 28.2 Å². The average molecular weight is 414 g/mol. The van der Waals surface area contributed by atoms with Crippen LogP contribution in [-0.2, 0) is 4.79 Å². The van der Waals surface area contributed by atoms with Crippen molar-refractivity contribution in [3.63, 3.8) is 0 Å². The molecule has 0 unspecified atom stereocenters. The Balaban J connectivity index is 1.27. The summed E-state index contributed by atoms with van der Waals surface area (Å²) in [4.78, 5) is 11.9. The zero-order chi connectivity index (χ0) is 21.5. The van der Waals surface area contributed by atoms with Crippen molar-refractivity contribution in [3.05, 3.63) is 103 Å². The van der Waals surface area contributed by atoms with Crippen LogP contribution < -0.4 is 10.2 Å². The Bertz CT molecular complexity index is 1180. The number of furan rings is 1. The number of benzene rings is 3. The molecule has 0 saturated heterocycles. The largest absolute Gasteiger partial charge is 0.484 e. The Hall–Kier alpha value is -4.19. The first-order valence-electron chi connectivity index (χ1n) is 9.64. The molecular weight excluding hydrogens is 395 g/mol. The van der Waals surface area contributed by atoms with Crippen LogP contribution in [0.1, 0.15) is 5.76 Å². The monoisotopic (exact) mass is 414 g/mol. The maximum atomic E-state index is 13.8. The summed E-state index contributed by atoms with van der Waals surface area (Å²) in [7, 11) is 0. The fourth-order valence-electron chi connectivity index (χ4n) is 2.95. The number of rotatable bonds is 7. The number of nitrogens with one attached hydrogen (secondary N) is 1. The minimum Gasteiger partial charge on any atom is -0.484 e. The van der Waals surface area contributed by atoms with Crippen molar-refractivity contribution in [2.45, 2.75) is 0 Å². The molecule has 6 heteroatoms. The molecule has 1 N–H and O–H groups in total. The van der Waals surface area contributed by atoms with Crippen molar-refractivity contribution in [2.24, 2.45) is 5.10 Å². The zero-order valence-corrected chi connectivity index (χ0v) is 16.5. The first-order valence-corrected chi connectivity index (χ1v) is 9.64. The van der Waals surface area contributed by atoms with Crippen LogP contribution in [0.4, 0.5) is 4.39 Å². The number of ether oxygens (including phenoxy) is 1. The van der Waals surface area contributed by atoms with Crippen LogP contribution in [0.3, 0.4) is 0 Å². The highest BCUT2D eigenvalue weighted by Gasteiger charge is 2.08. The lowest BCUT2D eigenvalue weighted by Gasteiger charge is -2.06. The summed E-state index contributed by atoms with van der Waals surface area (Å²) >= 11 is 0. The highest BCUT2D eigenvalue weighted by atomic mass is 19.1. The Morgan fingerprint density at radius 3 is 2.39 bits per heavy atom. The summed E-state index contributed by atoms with van der Waals surface area (Å²) < 4.78 is 24.8. The van der Waals surface area contributed by atoms with E-state index < -0.39 is 5.91 Å². The molecule has 5 nitrogen and oxygen atoms in total. The molecule has 0 aliphatic heterocycles. The van der Waals surface area contributed by atoms with Gasteiger partial charge in [-0.2, -0.15) is 5.10 Å². The summed E-state index contributed by atoms with van der Waals surface area (Å²) in [5.41, 5.74) is 4.90. The minimum absolute atomic E-state index is 0.180. The summed E-state index contributed by atoms with van der Waals surface area (Å²) in [5, 5.41) is 3.84. The molecule has 4 aromatic rings. The molecule has 0 fully saturated rings. The minimum atomic E-state index is -0.413. The second kappa shape index (κ2) is 9.54. The van der Waals surface area contributed by atoms with Crippen molar-refractivity contribution in [2.75, 3.05) is 6.61 Å².